The van der Waals surface area contributed by atoms with Crippen LogP contribution in [0.5, 0.6) is 0 Å². The van der Waals surface area contributed by atoms with Crippen LogP contribution in [-0.2, 0) is 0 Å². The highest BCUT2D eigenvalue weighted by molar-refractivity contribution is 5.98. The van der Waals surface area contributed by atoms with Crippen LogP contribution < -0.4 is 0 Å². The number of ketones is 1. The zero-order chi connectivity index (χ0) is 17.6. The van der Waals surface area contributed by atoms with E-state index in [0.717, 1.165) is 35.4 Å². The quantitative estimate of drug-likeness (QED) is 0.608. The normalized spacial score (nSPS) is 19.5. The summed E-state index contributed by atoms with van der Waals surface area (Å²) < 4.78 is 0. The van der Waals surface area contributed by atoms with Gasteiger partial charge in [0, 0.05) is 11.5 Å². The molecule has 1 fully saturated rings. The monoisotopic (exact) mass is 331 g/mol. The highest BCUT2D eigenvalue weighted by atomic mass is 16.1. The average molecular weight is 331 g/mol. The lowest BCUT2D eigenvalue weighted by atomic mass is 9.92. The molecule has 25 heavy (non-hydrogen) atoms. The van der Waals surface area contributed by atoms with Gasteiger partial charge in [0.15, 0.2) is 5.78 Å². The predicted molar refractivity (Wildman–Crippen MR) is 101 cm³/mol. The van der Waals surface area contributed by atoms with Gasteiger partial charge in [-0.3, -0.25) is 4.79 Å². The Bertz CT molecular complexity index is 752. The topological polar surface area (TPSA) is 40.9 Å². The Morgan fingerprint density at radius 3 is 2.28 bits per heavy atom. The van der Waals surface area contributed by atoms with E-state index >= 15 is 0 Å². The molecule has 0 radical (unpaired) electrons. The molecule has 0 spiro atoms. The molecular weight excluding hydrogens is 306 g/mol. The maximum Gasteiger partial charge on any atom is 0.165 e. The standard InChI is InChI=1S/C23H25NO/c1-2-3-4-17-5-10-22(15-17)23(25)21-13-11-20(12-14-21)19-8-6-18(16-24)7-9-19/h6-9,11-14,17,22H,2-5,10,15H2,1H3. The fraction of sp³-hybridized carbons (Fsp3) is 0.391. The lowest BCUT2D eigenvalue weighted by Crippen LogP contribution is -2.11. The van der Waals surface area contributed by atoms with Crippen LogP contribution in [0.3, 0.4) is 0 Å². The molecule has 0 N–H and O–H groups in total. The third kappa shape index (κ3) is 4.17. The fourth-order valence-electron chi connectivity index (χ4n) is 3.87. The van der Waals surface area contributed by atoms with Gasteiger partial charge in [0.25, 0.3) is 0 Å². The summed E-state index contributed by atoms with van der Waals surface area (Å²) in [7, 11) is 0. The Kier molecular flexibility index (Phi) is 5.66. The molecule has 0 amide bonds. The largest absolute Gasteiger partial charge is 0.294 e. The van der Waals surface area contributed by atoms with E-state index in [2.05, 4.69) is 13.0 Å². The molecule has 1 aliphatic rings. The van der Waals surface area contributed by atoms with Crippen molar-refractivity contribution in [3.05, 3.63) is 59.7 Å². The minimum atomic E-state index is 0.211. The Morgan fingerprint density at radius 2 is 1.68 bits per heavy atom. The first-order chi connectivity index (χ1) is 12.2. The zero-order valence-electron chi connectivity index (χ0n) is 14.9. The van der Waals surface area contributed by atoms with Gasteiger partial charge in [-0.05, 0) is 48.4 Å². The molecule has 0 heterocycles. The molecule has 3 rings (SSSR count). The van der Waals surface area contributed by atoms with E-state index in [-0.39, 0.29) is 5.92 Å². The van der Waals surface area contributed by atoms with Crippen molar-refractivity contribution in [2.45, 2.75) is 45.4 Å². The van der Waals surface area contributed by atoms with Crippen LogP contribution >= 0.6 is 0 Å². The third-order valence-electron chi connectivity index (χ3n) is 5.39. The first-order valence-electron chi connectivity index (χ1n) is 9.36. The van der Waals surface area contributed by atoms with Gasteiger partial charge in [0.1, 0.15) is 0 Å². The maximum atomic E-state index is 12.8. The number of rotatable bonds is 6. The highest BCUT2D eigenvalue weighted by Crippen LogP contribution is 2.36. The number of hydrogen-bond donors (Lipinski definition) is 0. The number of nitriles is 1. The molecule has 2 unspecified atom stereocenters. The van der Waals surface area contributed by atoms with Gasteiger partial charge in [-0.1, -0.05) is 62.6 Å². The predicted octanol–water partition coefficient (Wildman–Crippen LogP) is 6.01. The summed E-state index contributed by atoms with van der Waals surface area (Å²) in [6.45, 7) is 2.23. The number of hydrogen-bond acceptors (Lipinski definition) is 2. The summed E-state index contributed by atoms with van der Waals surface area (Å²) >= 11 is 0. The lowest BCUT2D eigenvalue weighted by molar-refractivity contribution is 0.0919. The van der Waals surface area contributed by atoms with E-state index in [1.165, 1.54) is 25.7 Å². The molecule has 0 aliphatic heterocycles. The Balaban J connectivity index is 1.65. The fourth-order valence-corrected chi connectivity index (χ4v) is 3.87. The van der Waals surface area contributed by atoms with Crippen molar-refractivity contribution in [3.8, 4) is 17.2 Å². The molecule has 1 aliphatic carbocycles. The van der Waals surface area contributed by atoms with Crippen molar-refractivity contribution in [2.75, 3.05) is 0 Å². The van der Waals surface area contributed by atoms with Crippen molar-refractivity contribution >= 4 is 5.78 Å². The Hall–Kier alpha value is -2.40. The van der Waals surface area contributed by atoms with E-state index in [1.807, 2.05) is 48.5 Å². The minimum Gasteiger partial charge on any atom is -0.294 e. The molecular formula is C23H25NO. The summed E-state index contributed by atoms with van der Waals surface area (Å²) in [5.74, 6) is 1.26. The van der Waals surface area contributed by atoms with Crippen LogP contribution in [0.2, 0.25) is 0 Å². The third-order valence-corrected chi connectivity index (χ3v) is 5.39. The first-order valence-corrected chi connectivity index (χ1v) is 9.36. The maximum absolute atomic E-state index is 12.8. The smallest absolute Gasteiger partial charge is 0.165 e. The molecule has 1 saturated carbocycles. The van der Waals surface area contributed by atoms with Gasteiger partial charge in [-0.15, -0.1) is 0 Å². The zero-order valence-corrected chi connectivity index (χ0v) is 14.9. The van der Waals surface area contributed by atoms with Crippen LogP contribution in [0, 0.1) is 23.2 Å². The first kappa shape index (κ1) is 17.4. The molecule has 2 aromatic carbocycles. The number of Topliss-reactive ketones (excluding diaryl/α,β-unsaturated/α-hetero) is 1. The molecule has 0 aromatic heterocycles. The molecule has 2 nitrogen and oxygen atoms in total. The average Bonchev–Trinajstić information content (AvgIpc) is 3.15. The van der Waals surface area contributed by atoms with Crippen LogP contribution in [0.25, 0.3) is 11.1 Å². The van der Waals surface area contributed by atoms with E-state index in [1.54, 1.807) is 0 Å². The van der Waals surface area contributed by atoms with Gasteiger partial charge < -0.3 is 0 Å². The lowest BCUT2D eigenvalue weighted by Gasteiger charge is -2.11. The number of nitrogens with zero attached hydrogens (tertiary/aromatic N) is 1. The van der Waals surface area contributed by atoms with Gasteiger partial charge in [0.05, 0.1) is 11.6 Å². The van der Waals surface area contributed by atoms with Crippen molar-refractivity contribution < 1.29 is 4.79 Å². The van der Waals surface area contributed by atoms with Gasteiger partial charge >= 0.3 is 0 Å². The second-order valence-electron chi connectivity index (χ2n) is 7.15. The van der Waals surface area contributed by atoms with Crippen LogP contribution in [-0.4, -0.2) is 5.78 Å². The molecule has 128 valence electrons. The van der Waals surface area contributed by atoms with Crippen LogP contribution in [0.4, 0.5) is 0 Å². The molecule has 2 aromatic rings. The summed E-state index contributed by atoms with van der Waals surface area (Å²) in [6.07, 6.45) is 7.12. The van der Waals surface area contributed by atoms with Gasteiger partial charge in [0.2, 0.25) is 0 Å². The number of carbonyl (C=O) groups is 1. The van der Waals surface area contributed by atoms with Crippen molar-refractivity contribution in [1.82, 2.24) is 0 Å². The van der Waals surface area contributed by atoms with Crippen LogP contribution in [0.15, 0.2) is 48.5 Å². The summed E-state index contributed by atoms with van der Waals surface area (Å²) in [5.41, 5.74) is 3.64. The highest BCUT2D eigenvalue weighted by Gasteiger charge is 2.29. The van der Waals surface area contributed by atoms with E-state index in [4.69, 9.17) is 5.26 Å². The second-order valence-corrected chi connectivity index (χ2v) is 7.15. The van der Waals surface area contributed by atoms with E-state index < -0.39 is 0 Å². The number of benzene rings is 2. The minimum absolute atomic E-state index is 0.211. The second kappa shape index (κ2) is 8.12. The van der Waals surface area contributed by atoms with Gasteiger partial charge in [-0.2, -0.15) is 5.26 Å². The summed E-state index contributed by atoms with van der Waals surface area (Å²) in [5, 5.41) is 8.88. The summed E-state index contributed by atoms with van der Waals surface area (Å²) in [6, 6.07) is 17.6. The molecule has 0 saturated heterocycles. The van der Waals surface area contributed by atoms with Crippen molar-refractivity contribution in [1.29, 1.82) is 5.26 Å². The Morgan fingerprint density at radius 1 is 1.04 bits per heavy atom. The van der Waals surface area contributed by atoms with Crippen molar-refractivity contribution in [2.24, 2.45) is 11.8 Å². The molecule has 2 heteroatoms. The SMILES string of the molecule is CCCCC1CCC(C(=O)c2ccc(-c3ccc(C#N)cc3)cc2)C1. The molecule has 2 atom stereocenters. The van der Waals surface area contributed by atoms with Crippen molar-refractivity contribution in [3.63, 3.8) is 0 Å². The number of unbranched alkanes of at least 4 members (excludes halogenated alkanes) is 1. The number of carbonyl (C=O) groups excluding carboxylic acids is 1. The van der Waals surface area contributed by atoms with E-state index in [9.17, 15) is 4.79 Å². The summed E-state index contributed by atoms with van der Waals surface area (Å²) in [4.78, 5) is 12.8. The van der Waals surface area contributed by atoms with E-state index in [0.29, 0.717) is 11.3 Å². The molecule has 0 bridgehead atoms. The Labute approximate surface area is 150 Å². The van der Waals surface area contributed by atoms with Gasteiger partial charge in [-0.25, -0.2) is 0 Å². The van der Waals surface area contributed by atoms with Crippen LogP contribution in [0.1, 0.15) is 61.4 Å².